The maximum absolute atomic E-state index is 12.3. The van der Waals surface area contributed by atoms with E-state index in [1.807, 2.05) is 12.1 Å². The van der Waals surface area contributed by atoms with Crippen molar-refractivity contribution in [2.45, 2.75) is 6.54 Å². The smallest absolute Gasteiger partial charge is 0.258 e. The number of piperazine rings is 1. The number of nitrogens with zero attached hydrogens (tertiary/aromatic N) is 1. The summed E-state index contributed by atoms with van der Waals surface area (Å²) in [4.78, 5) is 16.4. The predicted molar refractivity (Wildman–Crippen MR) is 135 cm³/mol. The van der Waals surface area contributed by atoms with E-state index in [0.29, 0.717) is 10.6 Å². The molecule has 1 saturated heterocycles. The molecule has 1 fully saturated rings. The van der Waals surface area contributed by atoms with Crippen LogP contribution < -0.4 is 20.4 Å². The molecule has 0 aromatic heterocycles. The molecule has 1 aliphatic rings. The van der Waals surface area contributed by atoms with Crippen molar-refractivity contribution in [1.29, 1.82) is 0 Å². The lowest BCUT2D eigenvalue weighted by Crippen LogP contribution is -3.13. The molecule has 0 radical (unpaired) electrons. The van der Waals surface area contributed by atoms with Gasteiger partial charge in [0.05, 0.1) is 36.8 Å². The average molecular weight is 466 g/mol. The molecule has 1 heterocycles. The molecular weight excluding hydrogens is 440 g/mol. The molecule has 0 atom stereocenters. The van der Waals surface area contributed by atoms with Crippen LogP contribution in [0, 0.1) is 0 Å². The summed E-state index contributed by atoms with van der Waals surface area (Å²) < 4.78 is 0. The number of carbonyl (C=O) groups is 1. The van der Waals surface area contributed by atoms with Gasteiger partial charge in [0.15, 0.2) is 5.11 Å². The minimum atomic E-state index is -0.333. The van der Waals surface area contributed by atoms with E-state index in [1.54, 1.807) is 29.2 Å². The van der Waals surface area contributed by atoms with Gasteiger partial charge in [-0.15, -0.1) is 0 Å². The average Bonchev–Trinajstić information content (AvgIpc) is 2.81. The van der Waals surface area contributed by atoms with Crippen molar-refractivity contribution >= 4 is 46.2 Å². The highest BCUT2D eigenvalue weighted by atomic mass is 35.5. The van der Waals surface area contributed by atoms with Gasteiger partial charge < -0.3 is 15.1 Å². The second-order valence-corrected chi connectivity index (χ2v) is 8.65. The van der Waals surface area contributed by atoms with Crippen molar-refractivity contribution in [1.82, 2.24) is 5.32 Å². The Morgan fingerprint density at radius 1 is 0.938 bits per heavy atom. The number of hydrogen-bond donors (Lipinski definition) is 3. The standard InChI is InChI=1S/C25H25ClN4OS/c26-23-9-5-4-8-22(23)24(31)28-25(32)27-20-10-12-21(13-11-20)30-16-14-29(15-17-30)18-19-6-2-1-3-7-19/h1-13H,14-18H2,(H2,27,28,31,32)/p+1. The van der Waals surface area contributed by atoms with Crippen LogP contribution in [-0.4, -0.2) is 37.2 Å². The van der Waals surface area contributed by atoms with Gasteiger partial charge in [-0.05, 0) is 48.6 Å². The number of thiocarbonyl (C=S) groups is 1. The van der Waals surface area contributed by atoms with Gasteiger partial charge in [0.2, 0.25) is 0 Å². The van der Waals surface area contributed by atoms with Crippen molar-refractivity contribution < 1.29 is 9.69 Å². The Labute approximate surface area is 199 Å². The number of hydrogen-bond acceptors (Lipinski definition) is 3. The van der Waals surface area contributed by atoms with Gasteiger partial charge in [0.1, 0.15) is 6.54 Å². The lowest BCUT2D eigenvalue weighted by molar-refractivity contribution is -0.914. The Bertz CT molecular complexity index is 1070. The third-order valence-corrected chi connectivity index (χ3v) is 6.14. The van der Waals surface area contributed by atoms with Gasteiger partial charge in [-0.3, -0.25) is 10.1 Å². The monoisotopic (exact) mass is 465 g/mol. The number of rotatable bonds is 5. The summed E-state index contributed by atoms with van der Waals surface area (Å²) in [6.45, 7) is 5.37. The first-order valence-electron chi connectivity index (χ1n) is 10.7. The Morgan fingerprint density at radius 2 is 1.59 bits per heavy atom. The largest absolute Gasteiger partial charge is 0.360 e. The first kappa shape index (κ1) is 22.3. The molecular formula is C25H26ClN4OS+. The Hall–Kier alpha value is -2.93. The van der Waals surface area contributed by atoms with E-state index >= 15 is 0 Å². The summed E-state index contributed by atoms with van der Waals surface area (Å²) in [5.74, 6) is -0.333. The second-order valence-electron chi connectivity index (χ2n) is 7.83. The number of benzene rings is 3. The minimum absolute atomic E-state index is 0.237. The molecule has 5 nitrogen and oxygen atoms in total. The summed E-state index contributed by atoms with van der Waals surface area (Å²) in [7, 11) is 0. The van der Waals surface area contributed by atoms with Crippen molar-refractivity contribution in [2.75, 3.05) is 36.4 Å². The summed E-state index contributed by atoms with van der Waals surface area (Å²) in [6, 6.07) is 25.7. The molecule has 4 rings (SSSR count). The maximum atomic E-state index is 12.3. The zero-order valence-electron chi connectivity index (χ0n) is 17.7. The van der Waals surface area contributed by atoms with E-state index < -0.39 is 0 Å². The Kier molecular flexibility index (Phi) is 7.37. The van der Waals surface area contributed by atoms with Gasteiger partial charge >= 0.3 is 0 Å². The molecule has 32 heavy (non-hydrogen) atoms. The first-order valence-corrected chi connectivity index (χ1v) is 11.5. The molecule has 7 heteroatoms. The summed E-state index contributed by atoms with van der Waals surface area (Å²) in [5.41, 5.74) is 3.80. The third kappa shape index (κ3) is 5.85. The molecule has 0 saturated carbocycles. The van der Waals surface area contributed by atoms with E-state index in [-0.39, 0.29) is 11.0 Å². The number of amides is 1. The van der Waals surface area contributed by atoms with Crippen molar-refractivity contribution in [2.24, 2.45) is 0 Å². The second kappa shape index (κ2) is 10.6. The van der Waals surface area contributed by atoms with E-state index in [0.717, 1.165) is 38.4 Å². The van der Waals surface area contributed by atoms with Crippen LogP contribution in [0.15, 0.2) is 78.9 Å². The lowest BCUT2D eigenvalue weighted by Gasteiger charge is -2.33. The molecule has 164 valence electrons. The van der Waals surface area contributed by atoms with Crippen LogP contribution in [0.3, 0.4) is 0 Å². The number of anilines is 2. The minimum Gasteiger partial charge on any atom is -0.360 e. The maximum Gasteiger partial charge on any atom is 0.258 e. The van der Waals surface area contributed by atoms with Gasteiger partial charge in [-0.2, -0.15) is 0 Å². The summed E-state index contributed by atoms with van der Waals surface area (Å²) in [6.07, 6.45) is 0. The highest BCUT2D eigenvalue weighted by Gasteiger charge is 2.20. The van der Waals surface area contributed by atoms with E-state index in [1.165, 1.54) is 11.3 Å². The molecule has 3 aromatic rings. The van der Waals surface area contributed by atoms with Crippen LogP contribution in [0.5, 0.6) is 0 Å². The predicted octanol–water partition coefficient (Wildman–Crippen LogP) is 3.37. The van der Waals surface area contributed by atoms with Gasteiger partial charge in [0.25, 0.3) is 5.91 Å². The fourth-order valence-corrected chi connectivity index (χ4v) is 4.31. The van der Waals surface area contributed by atoms with Crippen LogP contribution >= 0.6 is 23.8 Å². The van der Waals surface area contributed by atoms with Crippen LogP contribution in [0.25, 0.3) is 0 Å². The first-order chi connectivity index (χ1) is 15.6. The molecule has 1 amide bonds. The molecule has 0 aliphatic carbocycles. The highest BCUT2D eigenvalue weighted by molar-refractivity contribution is 7.80. The van der Waals surface area contributed by atoms with Crippen LogP contribution in [0.4, 0.5) is 11.4 Å². The Morgan fingerprint density at radius 3 is 2.28 bits per heavy atom. The molecule has 3 N–H and O–H groups in total. The number of quaternary nitrogens is 1. The van der Waals surface area contributed by atoms with Gasteiger partial charge in [0, 0.05) is 16.9 Å². The van der Waals surface area contributed by atoms with Crippen molar-refractivity contribution in [3.05, 3.63) is 95.0 Å². The van der Waals surface area contributed by atoms with Gasteiger partial charge in [-0.1, -0.05) is 54.1 Å². The van der Waals surface area contributed by atoms with E-state index in [9.17, 15) is 4.79 Å². The molecule has 1 aliphatic heterocycles. The summed E-state index contributed by atoms with van der Waals surface area (Å²) >= 11 is 11.4. The van der Waals surface area contributed by atoms with Gasteiger partial charge in [-0.25, -0.2) is 0 Å². The lowest BCUT2D eigenvalue weighted by atomic mass is 10.2. The molecule has 0 unspecified atom stereocenters. The molecule has 0 bridgehead atoms. The third-order valence-electron chi connectivity index (χ3n) is 5.60. The fraction of sp³-hybridized carbons (Fsp3) is 0.200. The SMILES string of the molecule is O=C(NC(=S)Nc1ccc(N2CC[NH+](Cc3ccccc3)CC2)cc1)c1ccccc1Cl. The van der Waals surface area contributed by atoms with Crippen molar-refractivity contribution in [3.63, 3.8) is 0 Å². The fourth-order valence-electron chi connectivity index (χ4n) is 3.88. The number of nitrogens with one attached hydrogen (secondary N) is 3. The Balaban J connectivity index is 1.26. The zero-order chi connectivity index (χ0) is 22.3. The summed E-state index contributed by atoms with van der Waals surface area (Å²) in [5, 5.41) is 6.36. The number of halogens is 1. The van der Waals surface area contributed by atoms with Crippen LogP contribution in [-0.2, 0) is 6.54 Å². The van der Waals surface area contributed by atoms with E-state index in [4.69, 9.17) is 23.8 Å². The van der Waals surface area contributed by atoms with E-state index in [2.05, 4.69) is 58.0 Å². The zero-order valence-corrected chi connectivity index (χ0v) is 19.3. The topological polar surface area (TPSA) is 48.8 Å². The quantitative estimate of drug-likeness (QED) is 0.506. The van der Waals surface area contributed by atoms with Crippen molar-refractivity contribution in [3.8, 4) is 0 Å². The number of carbonyl (C=O) groups excluding carboxylic acids is 1. The highest BCUT2D eigenvalue weighted by Crippen LogP contribution is 2.18. The van der Waals surface area contributed by atoms with Crippen LogP contribution in [0.1, 0.15) is 15.9 Å². The molecule has 0 spiro atoms. The van der Waals surface area contributed by atoms with Crippen LogP contribution in [0.2, 0.25) is 5.02 Å². The molecule has 3 aromatic carbocycles. The normalized spacial score (nSPS) is 14.1.